The molecule has 0 amide bonds. The Hall–Kier alpha value is -2.19. The van der Waals surface area contributed by atoms with Crippen LogP contribution in [0.1, 0.15) is 16.2 Å². The van der Waals surface area contributed by atoms with E-state index in [1.54, 1.807) is 23.6 Å². The molecule has 1 N–H and O–H groups in total. The van der Waals surface area contributed by atoms with Crippen molar-refractivity contribution in [2.75, 3.05) is 0 Å². The Bertz CT molecular complexity index is 756. The molecule has 8 heteroatoms. The zero-order chi connectivity index (χ0) is 14.7. The van der Waals surface area contributed by atoms with Gasteiger partial charge in [-0.05, 0) is 23.6 Å². The second-order valence-corrected chi connectivity index (χ2v) is 5.72. The fourth-order valence-electron chi connectivity index (χ4n) is 1.62. The van der Waals surface area contributed by atoms with E-state index in [2.05, 4.69) is 15.1 Å². The molecule has 0 radical (unpaired) electrons. The van der Waals surface area contributed by atoms with Crippen LogP contribution in [0, 0.1) is 0 Å². The minimum Gasteiger partial charge on any atom is -0.478 e. The lowest BCUT2D eigenvalue weighted by Crippen LogP contribution is -2.00. The van der Waals surface area contributed by atoms with Crippen LogP contribution in [0.25, 0.3) is 11.5 Å². The lowest BCUT2D eigenvalue weighted by molar-refractivity contribution is 0.0692. The van der Waals surface area contributed by atoms with E-state index < -0.39 is 5.97 Å². The summed E-state index contributed by atoms with van der Waals surface area (Å²) in [6.45, 7) is 0. The fourth-order valence-corrected chi connectivity index (χ4v) is 3.08. The number of carboxylic acid groups (broad SMARTS) is 1. The standard InChI is InChI=1S/C13H9N3O3S2/c17-13(18)9-2-1-4-14-12(9)21-7-10-15-11(19-16-10)8-3-5-20-6-8/h1-6H,7H2,(H,17,18). The van der Waals surface area contributed by atoms with E-state index in [4.69, 9.17) is 9.63 Å². The lowest BCUT2D eigenvalue weighted by atomic mass is 10.3. The third-order valence-electron chi connectivity index (χ3n) is 2.58. The molecule has 0 aliphatic rings. The van der Waals surface area contributed by atoms with Crippen LogP contribution in [-0.4, -0.2) is 26.2 Å². The van der Waals surface area contributed by atoms with Crippen molar-refractivity contribution in [1.29, 1.82) is 0 Å². The van der Waals surface area contributed by atoms with Crippen molar-refractivity contribution in [3.63, 3.8) is 0 Å². The van der Waals surface area contributed by atoms with Crippen molar-refractivity contribution in [2.45, 2.75) is 10.8 Å². The molecule has 0 aromatic carbocycles. The highest BCUT2D eigenvalue weighted by Gasteiger charge is 2.14. The molecule has 106 valence electrons. The predicted octanol–water partition coefficient (Wildman–Crippen LogP) is 3.18. The second kappa shape index (κ2) is 6.06. The Labute approximate surface area is 127 Å². The number of hydrogen-bond acceptors (Lipinski definition) is 7. The average Bonchev–Trinajstić information content (AvgIpc) is 3.16. The van der Waals surface area contributed by atoms with Gasteiger partial charge < -0.3 is 9.63 Å². The van der Waals surface area contributed by atoms with Gasteiger partial charge in [-0.1, -0.05) is 16.9 Å². The van der Waals surface area contributed by atoms with Gasteiger partial charge in [0.05, 0.1) is 16.9 Å². The zero-order valence-electron chi connectivity index (χ0n) is 10.6. The van der Waals surface area contributed by atoms with Gasteiger partial charge in [0, 0.05) is 11.6 Å². The third-order valence-corrected chi connectivity index (χ3v) is 4.26. The van der Waals surface area contributed by atoms with Crippen LogP contribution < -0.4 is 0 Å². The van der Waals surface area contributed by atoms with E-state index in [1.807, 2.05) is 16.8 Å². The number of pyridine rings is 1. The van der Waals surface area contributed by atoms with Crippen molar-refractivity contribution < 1.29 is 14.4 Å². The van der Waals surface area contributed by atoms with Gasteiger partial charge in [0.25, 0.3) is 5.89 Å². The Morgan fingerprint density at radius 2 is 2.33 bits per heavy atom. The molecule has 0 bridgehead atoms. The third kappa shape index (κ3) is 3.11. The van der Waals surface area contributed by atoms with Crippen LogP contribution in [0.3, 0.4) is 0 Å². The molecular formula is C13H9N3O3S2. The topological polar surface area (TPSA) is 89.1 Å². The summed E-state index contributed by atoms with van der Waals surface area (Å²) in [6, 6.07) is 5.01. The summed E-state index contributed by atoms with van der Waals surface area (Å²) in [5, 5.41) is 17.3. The molecule has 6 nitrogen and oxygen atoms in total. The van der Waals surface area contributed by atoms with Crippen molar-refractivity contribution in [3.05, 3.63) is 46.5 Å². The quantitative estimate of drug-likeness (QED) is 0.722. The molecule has 0 aliphatic carbocycles. The van der Waals surface area contributed by atoms with Crippen molar-refractivity contribution >= 4 is 29.1 Å². The molecule has 21 heavy (non-hydrogen) atoms. The van der Waals surface area contributed by atoms with E-state index in [0.29, 0.717) is 22.5 Å². The van der Waals surface area contributed by atoms with E-state index in [1.165, 1.54) is 17.8 Å². The van der Waals surface area contributed by atoms with E-state index in [9.17, 15) is 4.79 Å². The second-order valence-electron chi connectivity index (χ2n) is 3.98. The van der Waals surface area contributed by atoms with Crippen LogP contribution in [0.15, 0.2) is 44.7 Å². The van der Waals surface area contributed by atoms with Gasteiger partial charge in [-0.3, -0.25) is 0 Å². The molecule has 0 saturated carbocycles. The summed E-state index contributed by atoms with van der Waals surface area (Å²) in [4.78, 5) is 19.4. The number of carbonyl (C=O) groups is 1. The fraction of sp³-hybridized carbons (Fsp3) is 0.0769. The lowest BCUT2D eigenvalue weighted by Gasteiger charge is -2.01. The summed E-state index contributed by atoms with van der Waals surface area (Å²) in [5.41, 5.74) is 1.05. The predicted molar refractivity (Wildman–Crippen MR) is 78.4 cm³/mol. The van der Waals surface area contributed by atoms with Gasteiger partial charge in [-0.15, -0.1) is 0 Å². The van der Waals surface area contributed by atoms with E-state index in [-0.39, 0.29) is 5.56 Å². The van der Waals surface area contributed by atoms with Gasteiger partial charge in [0.1, 0.15) is 5.03 Å². The van der Waals surface area contributed by atoms with Crippen molar-refractivity contribution in [3.8, 4) is 11.5 Å². The van der Waals surface area contributed by atoms with Crippen LogP contribution in [-0.2, 0) is 5.75 Å². The maximum atomic E-state index is 11.1. The summed E-state index contributed by atoms with van der Waals surface area (Å²) in [5.74, 6) is 0.359. The highest BCUT2D eigenvalue weighted by Crippen LogP contribution is 2.25. The molecular weight excluding hydrogens is 310 g/mol. The number of hydrogen-bond donors (Lipinski definition) is 1. The number of aromatic nitrogens is 3. The monoisotopic (exact) mass is 319 g/mol. The first-order valence-electron chi connectivity index (χ1n) is 5.90. The molecule has 0 spiro atoms. The maximum Gasteiger partial charge on any atom is 0.338 e. The van der Waals surface area contributed by atoms with Crippen LogP contribution in [0.2, 0.25) is 0 Å². The smallest absolute Gasteiger partial charge is 0.338 e. The molecule has 0 atom stereocenters. The minimum absolute atomic E-state index is 0.170. The summed E-state index contributed by atoms with van der Waals surface area (Å²) in [6.07, 6.45) is 1.56. The molecule has 3 heterocycles. The minimum atomic E-state index is -1.00. The van der Waals surface area contributed by atoms with Crippen LogP contribution in [0.4, 0.5) is 0 Å². The zero-order valence-corrected chi connectivity index (χ0v) is 12.2. The van der Waals surface area contributed by atoms with Crippen LogP contribution in [0.5, 0.6) is 0 Å². The van der Waals surface area contributed by atoms with Gasteiger partial charge >= 0.3 is 5.97 Å². The van der Waals surface area contributed by atoms with Gasteiger partial charge in [0.2, 0.25) is 0 Å². The first-order valence-corrected chi connectivity index (χ1v) is 7.83. The summed E-state index contributed by atoms with van der Waals surface area (Å²) >= 11 is 2.82. The summed E-state index contributed by atoms with van der Waals surface area (Å²) in [7, 11) is 0. The highest BCUT2D eigenvalue weighted by molar-refractivity contribution is 7.98. The first-order chi connectivity index (χ1) is 10.2. The van der Waals surface area contributed by atoms with Gasteiger partial charge in [-0.25, -0.2) is 9.78 Å². The van der Waals surface area contributed by atoms with Crippen LogP contribution >= 0.6 is 23.1 Å². The molecule has 3 rings (SSSR count). The average molecular weight is 319 g/mol. The number of thioether (sulfide) groups is 1. The Balaban J connectivity index is 1.73. The Morgan fingerprint density at radius 3 is 3.10 bits per heavy atom. The Morgan fingerprint density at radius 1 is 1.43 bits per heavy atom. The largest absolute Gasteiger partial charge is 0.478 e. The molecule has 3 aromatic rings. The SMILES string of the molecule is O=C(O)c1cccnc1SCc1noc(-c2ccsc2)n1. The number of aromatic carboxylic acids is 1. The molecule has 0 fully saturated rings. The normalized spacial score (nSPS) is 10.7. The number of thiophene rings is 1. The molecule has 0 unspecified atom stereocenters. The van der Waals surface area contributed by atoms with Crippen molar-refractivity contribution in [2.24, 2.45) is 0 Å². The molecule has 3 aromatic heterocycles. The van der Waals surface area contributed by atoms with Crippen molar-refractivity contribution in [1.82, 2.24) is 15.1 Å². The first kappa shape index (κ1) is 13.8. The highest BCUT2D eigenvalue weighted by atomic mass is 32.2. The van der Waals surface area contributed by atoms with E-state index in [0.717, 1.165) is 5.56 Å². The summed E-state index contributed by atoms with van der Waals surface area (Å²) < 4.78 is 5.17. The van der Waals surface area contributed by atoms with E-state index >= 15 is 0 Å². The van der Waals surface area contributed by atoms with Gasteiger partial charge in [0.15, 0.2) is 5.82 Å². The number of rotatable bonds is 5. The van der Waals surface area contributed by atoms with Gasteiger partial charge in [-0.2, -0.15) is 16.3 Å². The number of carboxylic acids is 1. The molecule has 0 saturated heterocycles. The number of nitrogens with zero attached hydrogens (tertiary/aromatic N) is 3. The molecule has 0 aliphatic heterocycles. The Kier molecular flexibility index (Phi) is 3.98. The maximum absolute atomic E-state index is 11.1.